The Balaban J connectivity index is 1.63. The van der Waals surface area contributed by atoms with E-state index in [9.17, 15) is 4.79 Å². The molecule has 24 heavy (non-hydrogen) atoms. The molecule has 6 heteroatoms. The van der Waals surface area contributed by atoms with Crippen LogP contribution in [0.25, 0.3) is 0 Å². The van der Waals surface area contributed by atoms with Crippen LogP contribution in [0.4, 0.5) is 0 Å². The summed E-state index contributed by atoms with van der Waals surface area (Å²) in [5.74, 6) is 1.28. The molecule has 2 aromatic rings. The Morgan fingerprint density at radius 3 is 2.58 bits per heavy atom. The Morgan fingerprint density at radius 2 is 1.83 bits per heavy atom. The third-order valence-electron chi connectivity index (χ3n) is 3.59. The van der Waals surface area contributed by atoms with Crippen LogP contribution in [0.3, 0.4) is 0 Å². The van der Waals surface area contributed by atoms with Crippen molar-refractivity contribution in [1.82, 2.24) is 5.43 Å². The zero-order chi connectivity index (χ0) is 16.9. The Morgan fingerprint density at radius 1 is 1.12 bits per heavy atom. The van der Waals surface area contributed by atoms with Crippen molar-refractivity contribution in [2.45, 2.75) is 13.3 Å². The van der Waals surface area contributed by atoms with Gasteiger partial charge in [-0.25, -0.2) is 5.43 Å². The summed E-state index contributed by atoms with van der Waals surface area (Å²) in [6, 6.07) is 13.2. The lowest BCUT2D eigenvalue weighted by atomic mass is 10.1. The second kappa shape index (κ2) is 7.49. The summed E-state index contributed by atoms with van der Waals surface area (Å²) in [6.45, 7) is 2.94. The molecule has 0 saturated heterocycles. The Hall–Kier alpha value is -2.34. The van der Waals surface area contributed by atoms with Crippen LogP contribution in [-0.2, 0) is 11.2 Å². The number of carbonyl (C=O) groups excluding carboxylic acids is 1. The van der Waals surface area contributed by atoms with Gasteiger partial charge in [-0.2, -0.15) is 5.10 Å². The van der Waals surface area contributed by atoms with Gasteiger partial charge in [0.1, 0.15) is 13.2 Å². The predicted octanol–water partition coefficient (Wildman–Crippen LogP) is 3.30. The van der Waals surface area contributed by atoms with E-state index < -0.39 is 0 Å². The maximum atomic E-state index is 12.0. The lowest BCUT2D eigenvalue weighted by Gasteiger charge is -2.18. The van der Waals surface area contributed by atoms with Crippen LogP contribution in [0.2, 0.25) is 0 Å². The number of rotatable bonds is 4. The van der Waals surface area contributed by atoms with Gasteiger partial charge < -0.3 is 9.47 Å². The minimum Gasteiger partial charge on any atom is -0.486 e. The largest absolute Gasteiger partial charge is 0.486 e. The molecule has 1 aliphatic heterocycles. The van der Waals surface area contributed by atoms with Crippen LogP contribution in [0, 0.1) is 0 Å². The zero-order valence-corrected chi connectivity index (χ0v) is 14.8. The summed E-state index contributed by atoms with van der Waals surface area (Å²) < 4.78 is 12.0. The molecule has 0 fully saturated rings. The van der Waals surface area contributed by atoms with E-state index in [2.05, 4.69) is 26.5 Å². The van der Waals surface area contributed by atoms with Crippen molar-refractivity contribution >= 4 is 27.5 Å². The molecule has 1 heterocycles. The van der Waals surface area contributed by atoms with Gasteiger partial charge in [-0.15, -0.1) is 0 Å². The van der Waals surface area contributed by atoms with E-state index in [1.165, 1.54) is 0 Å². The summed E-state index contributed by atoms with van der Waals surface area (Å²) in [6.07, 6.45) is 0.283. The summed E-state index contributed by atoms with van der Waals surface area (Å²) in [5.41, 5.74) is 5.11. The fraction of sp³-hybridized carbons (Fsp3) is 0.222. The molecular weight excluding hydrogens is 372 g/mol. The highest BCUT2D eigenvalue weighted by atomic mass is 79.9. The van der Waals surface area contributed by atoms with E-state index >= 15 is 0 Å². The first-order chi connectivity index (χ1) is 11.6. The van der Waals surface area contributed by atoms with Crippen molar-refractivity contribution in [3.8, 4) is 11.5 Å². The molecule has 0 radical (unpaired) electrons. The third kappa shape index (κ3) is 4.14. The lowest BCUT2D eigenvalue weighted by molar-refractivity contribution is -0.120. The van der Waals surface area contributed by atoms with Gasteiger partial charge >= 0.3 is 0 Å². The van der Waals surface area contributed by atoms with Crippen molar-refractivity contribution in [1.29, 1.82) is 0 Å². The molecule has 1 N–H and O–H groups in total. The summed E-state index contributed by atoms with van der Waals surface area (Å²) in [4.78, 5) is 12.0. The monoisotopic (exact) mass is 388 g/mol. The second-order valence-corrected chi connectivity index (χ2v) is 6.31. The highest BCUT2D eigenvalue weighted by molar-refractivity contribution is 9.10. The highest BCUT2D eigenvalue weighted by Crippen LogP contribution is 2.30. The topological polar surface area (TPSA) is 59.9 Å². The number of hydrogen-bond acceptors (Lipinski definition) is 4. The molecule has 5 nitrogen and oxygen atoms in total. The standard InChI is InChI=1S/C18H17BrN2O3/c1-12(14-4-7-16-17(11-14)24-9-8-23-16)20-21-18(22)10-13-2-5-15(19)6-3-13/h2-7,11H,8-10H2,1H3,(H,21,22)/b20-12+. The summed E-state index contributed by atoms with van der Waals surface area (Å²) >= 11 is 3.37. The number of halogens is 1. The van der Waals surface area contributed by atoms with E-state index in [1.54, 1.807) is 0 Å². The molecule has 0 bridgehead atoms. The molecule has 3 rings (SSSR count). The van der Waals surface area contributed by atoms with Crippen molar-refractivity contribution in [2.24, 2.45) is 5.10 Å². The third-order valence-corrected chi connectivity index (χ3v) is 4.11. The number of nitrogens with zero attached hydrogens (tertiary/aromatic N) is 1. The number of carbonyl (C=O) groups is 1. The molecule has 0 spiro atoms. The van der Waals surface area contributed by atoms with E-state index in [0.29, 0.717) is 24.7 Å². The molecule has 0 saturated carbocycles. The van der Waals surface area contributed by atoms with E-state index in [0.717, 1.165) is 21.3 Å². The van der Waals surface area contributed by atoms with Crippen molar-refractivity contribution < 1.29 is 14.3 Å². The van der Waals surface area contributed by atoms with E-state index in [4.69, 9.17) is 9.47 Å². The molecule has 124 valence electrons. The number of ether oxygens (including phenoxy) is 2. The van der Waals surface area contributed by atoms with Gasteiger partial charge in [0.05, 0.1) is 12.1 Å². The SMILES string of the molecule is C/C(=N\NC(=O)Cc1ccc(Br)cc1)c1ccc2c(c1)OCCO2. The molecule has 0 unspecified atom stereocenters. The Kier molecular flexibility index (Phi) is 5.15. The van der Waals surface area contributed by atoms with Crippen LogP contribution in [0.1, 0.15) is 18.1 Å². The number of hydrazone groups is 1. The molecule has 0 atom stereocenters. The molecule has 1 amide bonds. The minimum absolute atomic E-state index is 0.158. The number of fused-ring (bicyclic) bond motifs is 1. The van der Waals surface area contributed by atoms with Gasteiger partial charge in [0, 0.05) is 10.0 Å². The van der Waals surface area contributed by atoms with Gasteiger partial charge in [-0.1, -0.05) is 28.1 Å². The number of benzene rings is 2. The smallest absolute Gasteiger partial charge is 0.244 e. The lowest BCUT2D eigenvalue weighted by Crippen LogP contribution is -2.21. The predicted molar refractivity (Wildman–Crippen MR) is 95.6 cm³/mol. The first kappa shape index (κ1) is 16.5. The van der Waals surface area contributed by atoms with Crippen molar-refractivity contribution in [2.75, 3.05) is 13.2 Å². The highest BCUT2D eigenvalue weighted by Gasteiger charge is 2.12. The molecule has 0 aliphatic carbocycles. The zero-order valence-electron chi connectivity index (χ0n) is 13.2. The quantitative estimate of drug-likeness (QED) is 0.645. The van der Waals surface area contributed by atoms with Gasteiger partial charge in [0.25, 0.3) is 0 Å². The first-order valence-electron chi connectivity index (χ1n) is 7.59. The van der Waals surface area contributed by atoms with E-state index in [1.807, 2.05) is 49.4 Å². The fourth-order valence-corrected chi connectivity index (χ4v) is 2.57. The molecular formula is C18H17BrN2O3. The van der Waals surface area contributed by atoms with Crippen LogP contribution in [0.15, 0.2) is 52.0 Å². The van der Waals surface area contributed by atoms with Gasteiger partial charge in [-0.3, -0.25) is 4.79 Å². The van der Waals surface area contributed by atoms with Crippen LogP contribution < -0.4 is 14.9 Å². The maximum absolute atomic E-state index is 12.0. The molecule has 1 aliphatic rings. The maximum Gasteiger partial charge on any atom is 0.244 e. The number of amides is 1. The average molecular weight is 389 g/mol. The normalized spacial score (nSPS) is 13.5. The molecule has 2 aromatic carbocycles. The van der Waals surface area contributed by atoms with Crippen LogP contribution in [-0.4, -0.2) is 24.8 Å². The summed E-state index contributed by atoms with van der Waals surface area (Å²) in [7, 11) is 0. The van der Waals surface area contributed by atoms with Crippen molar-refractivity contribution in [3.63, 3.8) is 0 Å². The molecule has 0 aromatic heterocycles. The van der Waals surface area contributed by atoms with Crippen LogP contribution >= 0.6 is 15.9 Å². The van der Waals surface area contributed by atoms with Crippen LogP contribution in [0.5, 0.6) is 11.5 Å². The minimum atomic E-state index is -0.158. The average Bonchev–Trinajstić information content (AvgIpc) is 2.61. The first-order valence-corrected chi connectivity index (χ1v) is 8.39. The Bertz CT molecular complexity index is 772. The summed E-state index contributed by atoms with van der Waals surface area (Å²) in [5, 5.41) is 4.17. The van der Waals surface area contributed by atoms with Gasteiger partial charge in [-0.05, 0) is 42.8 Å². The van der Waals surface area contributed by atoms with Gasteiger partial charge in [0.2, 0.25) is 5.91 Å². The van der Waals surface area contributed by atoms with Gasteiger partial charge in [0.15, 0.2) is 11.5 Å². The Labute approximate surface area is 148 Å². The van der Waals surface area contributed by atoms with E-state index in [-0.39, 0.29) is 12.3 Å². The second-order valence-electron chi connectivity index (χ2n) is 5.39. The fourth-order valence-electron chi connectivity index (χ4n) is 2.31. The number of hydrogen-bond donors (Lipinski definition) is 1. The van der Waals surface area contributed by atoms with Crippen molar-refractivity contribution in [3.05, 3.63) is 58.1 Å². The number of nitrogens with one attached hydrogen (secondary N) is 1.